The lowest BCUT2D eigenvalue weighted by molar-refractivity contribution is 0.0894. The van der Waals surface area contributed by atoms with Crippen LogP contribution in [-0.2, 0) is 11.3 Å². The summed E-state index contributed by atoms with van der Waals surface area (Å²) in [6.45, 7) is 2.43. The third-order valence-corrected chi connectivity index (χ3v) is 4.34. The third-order valence-electron chi connectivity index (χ3n) is 4.03. The molecule has 150 valence electrons. The smallest absolute Gasteiger partial charge is 0.407 e. The van der Waals surface area contributed by atoms with Crippen LogP contribution in [0, 0.1) is 4.64 Å². The van der Waals surface area contributed by atoms with Crippen molar-refractivity contribution in [3.8, 4) is 0 Å². The van der Waals surface area contributed by atoms with Crippen LogP contribution >= 0.6 is 12.2 Å². The van der Waals surface area contributed by atoms with Gasteiger partial charge in [-0.25, -0.2) is 4.79 Å². The van der Waals surface area contributed by atoms with E-state index >= 15 is 0 Å². The Morgan fingerprint density at radius 1 is 1.14 bits per heavy atom. The molecule has 0 saturated heterocycles. The van der Waals surface area contributed by atoms with E-state index < -0.39 is 12.0 Å². The number of aromatic nitrogens is 1. The van der Waals surface area contributed by atoms with Gasteiger partial charge >= 0.3 is 6.09 Å². The molecule has 9 heteroatoms. The summed E-state index contributed by atoms with van der Waals surface area (Å²) in [6.07, 6.45) is -0.605. The molecule has 0 aliphatic carbocycles. The fraction of sp³-hybridized carbons (Fsp3) is 0.316. The van der Waals surface area contributed by atoms with Gasteiger partial charge in [-0.3, -0.25) is 4.79 Å². The molecule has 2 aromatic rings. The van der Waals surface area contributed by atoms with Gasteiger partial charge in [0, 0.05) is 25.6 Å². The number of hydrogen-bond donors (Lipinski definition) is 4. The monoisotopic (exact) mass is 405 g/mol. The van der Waals surface area contributed by atoms with Crippen LogP contribution in [0.2, 0.25) is 0 Å². The molecule has 1 atom stereocenters. The van der Waals surface area contributed by atoms with Gasteiger partial charge in [-0.2, -0.15) is 4.73 Å². The number of nitrogens with zero attached hydrogens (tertiary/aromatic N) is 1. The molecule has 2 rings (SSSR count). The van der Waals surface area contributed by atoms with Gasteiger partial charge in [0.1, 0.15) is 16.9 Å². The summed E-state index contributed by atoms with van der Waals surface area (Å²) in [5.41, 5.74) is 1.85. The van der Waals surface area contributed by atoms with E-state index in [2.05, 4.69) is 10.6 Å². The molecule has 0 aliphatic rings. The Labute approximate surface area is 167 Å². The van der Waals surface area contributed by atoms with Crippen molar-refractivity contribution in [2.75, 3.05) is 19.7 Å². The van der Waals surface area contributed by atoms with E-state index in [1.165, 1.54) is 12.1 Å². The average molecular weight is 405 g/mol. The molecule has 8 nitrogen and oxygen atoms in total. The van der Waals surface area contributed by atoms with Crippen LogP contribution in [0.3, 0.4) is 0 Å². The maximum atomic E-state index is 12.0. The zero-order valence-electron chi connectivity index (χ0n) is 15.4. The van der Waals surface area contributed by atoms with E-state index in [0.29, 0.717) is 4.73 Å². The number of ether oxygens (including phenoxy) is 1. The number of aliphatic hydroxyl groups is 1. The molecule has 1 heterocycles. The van der Waals surface area contributed by atoms with Crippen LogP contribution in [0.4, 0.5) is 4.79 Å². The topological polar surface area (TPSA) is 113 Å². The van der Waals surface area contributed by atoms with Crippen LogP contribution < -0.4 is 10.6 Å². The first-order valence-electron chi connectivity index (χ1n) is 8.72. The van der Waals surface area contributed by atoms with Crippen molar-refractivity contribution in [1.82, 2.24) is 15.4 Å². The Hall–Kier alpha value is -2.91. The number of carbonyl (C=O) groups is 2. The molecule has 0 radical (unpaired) electrons. The van der Waals surface area contributed by atoms with Crippen LogP contribution in [0.1, 0.15) is 34.5 Å². The molecule has 4 N–H and O–H groups in total. The number of rotatable bonds is 8. The number of amides is 2. The Kier molecular flexibility index (Phi) is 7.97. The van der Waals surface area contributed by atoms with E-state index in [1.807, 2.05) is 31.2 Å². The summed E-state index contributed by atoms with van der Waals surface area (Å²) in [4.78, 5) is 23.7. The first kappa shape index (κ1) is 21.4. The van der Waals surface area contributed by atoms with Gasteiger partial charge in [0.05, 0.1) is 0 Å². The van der Waals surface area contributed by atoms with Gasteiger partial charge in [0.25, 0.3) is 5.91 Å². The number of benzene rings is 1. The minimum atomic E-state index is -0.605. The van der Waals surface area contributed by atoms with Crippen LogP contribution in [-0.4, -0.2) is 46.7 Å². The van der Waals surface area contributed by atoms with E-state index in [0.717, 1.165) is 11.1 Å². The van der Waals surface area contributed by atoms with Crippen molar-refractivity contribution < 1.29 is 24.6 Å². The molecular weight excluding hydrogens is 382 g/mol. The lowest BCUT2D eigenvalue weighted by Gasteiger charge is -2.11. The summed E-state index contributed by atoms with van der Waals surface area (Å²) < 4.78 is 5.85. The van der Waals surface area contributed by atoms with Gasteiger partial charge in [0.2, 0.25) is 0 Å². The van der Waals surface area contributed by atoms with Gasteiger partial charge in [-0.15, -0.1) is 0 Å². The van der Waals surface area contributed by atoms with Crippen molar-refractivity contribution in [3.63, 3.8) is 0 Å². The molecule has 2 amide bonds. The van der Waals surface area contributed by atoms with E-state index in [1.54, 1.807) is 6.07 Å². The van der Waals surface area contributed by atoms with E-state index in [-0.39, 0.29) is 42.6 Å². The average Bonchev–Trinajstić information content (AvgIpc) is 2.71. The number of aliphatic hydroxyl groups excluding tert-OH is 1. The normalized spacial score (nSPS) is 11.5. The first-order chi connectivity index (χ1) is 13.4. The maximum Gasteiger partial charge on any atom is 0.407 e. The minimum Gasteiger partial charge on any atom is -0.445 e. The molecular formula is C19H23N3O5S. The lowest BCUT2D eigenvalue weighted by Crippen LogP contribution is -2.35. The van der Waals surface area contributed by atoms with Crippen LogP contribution in [0.15, 0.2) is 42.5 Å². The summed E-state index contributed by atoms with van der Waals surface area (Å²) in [7, 11) is 0. The summed E-state index contributed by atoms with van der Waals surface area (Å²) >= 11 is 4.87. The van der Waals surface area contributed by atoms with Crippen molar-refractivity contribution in [2.24, 2.45) is 0 Å². The highest BCUT2D eigenvalue weighted by Gasteiger charge is 2.10. The molecule has 0 saturated carbocycles. The Morgan fingerprint density at radius 2 is 1.82 bits per heavy atom. The number of hydrogen-bond acceptors (Lipinski definition) is 6. The van der Waals surface area contributed by atoms with Gasteiger partial charge in [-0.1, -0.05) is 49.5 Å². The number of alkyl carbamates (subject to hydrolysis) is 1. The van der Waals surface area contributed by atoms with Gasteiger partial charge in [-0.05, 0) is 23.3 Å². The fourth-order valence-electron chi connectivity index (χ4n) is 2.33. The highest BCUT2D eigenvalue weighted by Crippen LogP contribution is 2.15. The number of pyridine rings is 1. The quantitative estimate of drug-likeness (QED) is 0.304. The van der Waals surface area contributed by atoms with Crippen molar-refractivity contribution in [3.05, 3.63) is 63.9 Å². The molecule has 1 aromatic heterocycles. The Balaban J connectivity index is 1.69. The van der Waals surface area contributed by atoms with Crippen molar-refractivity contribution >= 4 is 24.2 Å². The van der Waals surface area contributed by atoms with Crippen LogP contribution in [0.5, 0.6) is 0 Å². The van der Waals surface area contributed by atoms with E-state index in [4.69, 9.17) is 22.1 Å². The summed E-state index contributed by atoms with van der Waals surface area (Å²) in [5.74, 6) is -0.455. The second-order valence-electron chi connectivity index (χ2n) is 6.15. The highest BCUT2D eigenvalue weighted by molar-refractivity contribution is 7.71. The predicted molar refractivity (Wildman–Crippen MR) is 105 cm³/mol. The zero-order valence-corrected chi connectivity index (χ0v) is 16.2. The van der Waals surface area contributed by atoms with Gasteiger partial charge in [0.15, 0.2) is 0 Å². The molecule has 0 fully saturated rings. The van der Waals surface area contributed by atoms with Crippen molar-refractivity contribution in [1.29, 1.82) is 0 Å². The largest absolute Gasteiger partial charge is 0.445 e. The number of nitrogens with one attached hydrogen (secondary N) is 2. The SMILES string of the molecule is CC(CO)c1ccc(COC(=O)NCCNC(=O)c2cccc(=S)n2O)cc1. The summed E-state index contributed by atoms with van der Waals surface area (Å²) in [5, 5.41) is 23.9. The minimum absolute atomic E-state index is 0.00837. The fourth-order valence-corrected chi connectivity index (χ4v) is 2.51. The highest BCUT2D eigenvalue weighted by atomic mass is 32.1. The number of carbonyl (C=O) groups excluding carboxylic acids is 2. The molecule has 1 unspecified atom stereocenters. The summed E-state index contributed by atoms with van der Waals surface area (Å²) in [6, 6.07) is 11.9. The predicted octanol–water partition coefficient (Wildman–Crippen LogP) is 2.21. The van der Waals surface area contributed by atoms with Crippen molar-refractivity contribution in [2.45, 2.75) is 19.4 Å². The second kappa shape index (κ2) is 10.4. The lowest BCUT2D eigenvalue weighted by atomic mass is 10.0. The Morgan fingerprint density at radius 3 is 2.50 bits per heavy atom. The zero-order chi connectivity index (χ0) is 20.5. The second-order valence-corrected chi connectivity index (χ2v) is 6.56. The Bertz CT molecular complexity index is 867. The molecule has 28 heavy (non-hydrogen) atoms. The molecule has 0 bridgehead atoms. The molecule has 1 aromatic carbocycles. The third kappa shape index (κ3) is 6.07. The van der Waals surface area contributed by atoms with E-state index in [9.17, 15) is 14.8 Å². The van der Waals surface area contributed by atoms with Crippen LogP contribution in [0.25, 0.3) is 0 Å². The molecule has 0 spiro atoms. The first-order valence-corrected chi connectivity index (χ1v) is 9.13. The standard InChI is InChI=1S/C19H23N3O5S/c1-13(11-23)15-7-5-14(6-8-15)12-27-19(25)21-10-9-20-18(24)16-3-2-4-17(28)22(16)26/h2-8,13,23,26H,9-12H2,1H3,(H,20,24)(H,21,25). The van der Waals surface area contributed by atoms with Gasteiger partial charge < -0.3 is 25.7 Å². The molecule has 0 aliphatic heterocycles. The maximum absolute atomic E-state index is 12.0.